The van der Waals surface area contributed by atoms with Crippen LogP contribution in [0.2, 0.25) is 0 Å². The maximum Gasteiger partial charge on any atom is 0.275 e. The first-order valence-corrected chi connectivity index (χ1v) is 10.2. The van der Waals surface area contributed by atoms with Crippen molar-refractivity contribution in [3.63, 3.8) is 0 Å². The summed E-state index contributed by atoms with van der Waals surface area (Å²) in [7, 11) is 0. The smallest absolute Gasteiger partial charge is 0.275 e. The van der Waals surface area contributed by atoms with Crippen molar-refractivity contribution in [2.24, 2.45) is 0 Å². The van der Waals surface area contributed by atoms with Crippen LogP contribution >= 0.6 is 0 Å². The minimum absolute atomic E-state index is 0.119. The Morgan fingerprint density at radius 2 is 2.03 bits per heavy atom. The first kappa shape index (κ1) is 21.3. The molecule has 2 aliphatic rings. The van der Waals surface area contributed by atoms with Gasteiger partial charge in [0.2, 0.25) is 0 Å². The van der Waals surface area contributed by atoms with Gasteiger partial charge in [-0.2, -0.15) is 5.10 Å². The summed E-state index contributed by atoms with van der Waals surface area (Å²) in [6, 6.07) is 1.13. The highest BCUT2D eigenvalue weighted by Gasteiger charge is 2.40. The molecule has 0 unspecified atom stereocenters. The number of aromatic nitrogens is 4. The van der Waals surface area contributed by atoms with Crippen LogP contribution in [-0.2, 0) is 0 Å². The molecule has 1 aliphatic carbocycles. The number of rotatable bonds is 4. The van der Waals surface area contributed by atoms with Crippen LogP contribution in [0.1, 0.15) is 28.5 Å². The summed E-state index contributed by atoms with van der Waals surface area (Å²) in [4.78, 5) is 22.7. The molecule has 0 saturated carbocycles. The minimum atomic E-state index is -1.43. The largest absolute Gasteiger partial charge is 0.388 e. The molecule has 3 heterocycles. The molecule has 4 N–H and O–H groups in total. The van der Waals surface area contributed by atoms with E-state index in [-0.39, 0.29) is 41.1 Å². The number of nitrogens with zero attached hydrogens (tertiary/aromatic N) is 4. The fourth-order valence-electron chi connectivity index (χ4n) is 4.30. The first-order chi connectivity index (χ1) is 15.8. The van der Waals surface area contributed by atoms with Crippen LogP contribution in [0.15, 0.2) is 36.7 Å². The molecule has 0 spiro atoms. The van der Waals surface area contributed by atoms with Gasteiger partial charge in [-0.15, -0.1) is 0 Å². The molecular formula is C21H19F3N6O3. The number of aliphatic hydroxyl groups excluding tert-OH is 2. The molecule has 172 valence electrons. The third-order valence-electron chi connectivity index (χ3n) is 5.93. The van der Waals surface area contributed by atoms with Crippen molar-refractivity contribution in [3.05, 3.63) is 59.6 Å². The molecule has 3 aromatic rings. The summed E-state index contributed by atoms with van der Waals surface area (Å²) in [5, 5.41) is 29.6. The van der Waals surface area contributed by atoms with Gasteiger partial charge in [-0.05, 0) is 18.2 Å². The van der Waals surface area contributed by atoms with Gasteiger partial charge >= 0.3 is 0 Å². The van der Waals surface area contributed by atoms with Gasteiger partial charge in [0, 0.05) is 12.0 Å². The molecule has 5 atom stereocenters. The number of aromatic amines is 1. The molecular weight excluding hydrogens is 441 g/mol. The first-order valence-electron chi connectivity index (χ1n) is 10.2. The fourth-order valence-corrected chi connectivity index (χ4v) is 4.30. The number of halogens is 3. The van der Waals surface area contributed by atoms with Crippen LogP contribution in [0.3, 0.4) is 0 Å². The van der Waals surface area contributed by atoms with E-state index in [4.69, 9.17) is 0 Å². The number of anilines is 1. The van der Waals surface area contributed by atoms with Gasteiger partial charge in [-0.1, -0.05) is 12.2 Å². The SMILES string of the molecule is O=C(c1n[nH]c2ncnc(N[C@@H]3C=C[C@@H](O)[C@H]3O)c12)N1C[C@@H](F)C[C@@H]1c1cc(F)ccc1F. The number of carbonyl (C=O) groups is 1. The van der Waals surface area contributed by atoms with Crippen LogP contribution in [0, 0.1) is 11.6 Å². The van der Waals surface area contributed by atoms with E-state index in [0.717, 1.165) is 23.1 Å². The number of alkyl halides is 1. The Kier molecular flexibility index (Phi) is 5.25. The van der Waals surface area contributed by atoms with Crippen molar-refractivity contribution in [1.82, 2.24) is 25.1 Å². The zero-order valence-electron chi connectivity index (χ0n) is 17.0. The standard InChI is InChI=1S/C21H19F3N6O3/c22-9-1-2-12(24)11(5-9)14-6-10(23)7-30(14)21(33)17-16-19(25-8-26-20(16)29-28-17)27-13-3-4-15(31)18(13)32/h1-5,8,10,13-15,18,31-32H,6-7H2,(H2,25,26,27,28,29)/t10-,13+,14+,15+,18-/m0/s1. The van der Waals surface area contributed by atoms with E-state index in [0.29, 0.717) is 0 Å². The lowest BCUT2D eigenvalue weighted by atomic mass is 10.0. The molecule has 9 nitrogen and oxygen atoms in total. The molecule has 1 aromatic carbocycles. The summed E-state index contributed by atoms with van der Waals surface area (Å²) in [5.74, 6) is -2.00. The zero-order chi connectivity index (χ0) is 23.3. The molecule has 12 heteroatoms. The van der Waals surface area contributed by atoms with E-state index in [2.05, 4.69) is 25.5 Å². The lowest BCUT2D eigenvalue weighted by molar-refractivity contribution is 0.0552. The van der Waals surface area contributed by atoms with E-state index in [1.165, 1.54) is 12.4 Å². The van der Waals surface area contributed by atoms with E-state index >= 15 is 0 Å². The van der Waals surface area contributed by atoms with Crippen LogP contribution in [0.4, 0.5) is 19.0 Å². The summed E-state index contributed by atoms with van der Waals surface area (Å²) >= 11 is 0. The highest BCUT2D eigenvalue weighted by atomic mass is 19.1. The zero-order valence-corrected chi connectivity index (χ0v) is 17.0. The quantitative estimate of drug-likeness (QED) is 0.436. The second kappa shape index (κ2) is 8.12. The Morgan fingerprint density at radius 1 is 1.21 bits per heavy atom. The number of amides is 1. The summed E-state index contributed by atoms with van der Waals surface area (Å²) in [5.41, 5.74) is -0.0514. The predicted molar refractivity (Wildman–Crippen MR) is 110 cm³/mol. The Morgan fingerprint density at radius 3 is 2.79 bits per heavy atom. The Hall–Kier alpha value is -3.51. The fraction of sp³-hybridized carbons (Fsp3) is 0.333. The van der Waals surface area contributed by atoms with E-state index in [9.17, 15) is 28.2 Å². The maximum atomic E-state index is 14.4. The number of hydrogen-bond donors (Lipinski definition) is 4. The van der Waals surface area contributed by atoms with Crippen molar-refractivity contribution in [2.75, 3.05) is 11.9 Å². The van der Waals surface area contributed by atoms with E-state index < -0.39 is 48.0 Å². The van der Waals surface area contributed by atoms with Gasteiger partial charge in [-0.3, -0.25) is 9.89 Å². The Balaban J connectivity index is 1.51. The lowest BCUT2D eigenvalue weighted by Gasteiger charge is -2.24. The maximum absolute atomic E-state index is 14.4. The number of benzene rings is 1. The molecule has 5 rings (SSSR count). The number of fused-ring (bicyclic) bond motifs is 1. The molecule has 1 amide bonds. The Bertz CT molecular complexity index is 1250. The van der Waals surface area contributed by atoms with Crippen LogP contribution in [0.5, 0.6) is 0 Å². The van der Waals surface area contributed by atoms with Gasteiger partial charge in [0.15, 0.2) is 11.3 Å². The second-order valence-corrected chi connectivity index (χ2v) is 8.03. The van der Waals surface area contributed by atoms with Gasteiger partial charge in [-0.25, -0.2) is 23.1 Å². The molecule has 2 aromatic heterocycles. The van der Waals surface area contributed by atoms with Crippen molar-refractivity contribution in [2.45, 2.75) is 36.9 Å². The summed E-state index contributed by atoms with van der Waals surface area (Å²) < 4.78 is 42.5. The van der Waals surface area contributed by atoms with Gasteiger partial charge in [0.25, 0.3) is 5.91 Å². The van der Waals surface area contributed by atoms with Crippen molar-refractivity contribution in [3.8, 4) is 0 Å². The second-order valence-electron chi connectivity index (χ2n) is 8.03. The minimum Gasteiger partial charge on any atom is -0.388 e. The normalized spacial score (nSPS) is 26.9. The number of hydrogen-bond acceptors (Lipinski definition) is 7. The molecule has 1 saturated heterocycles. The molecule has 0 bridgehead atoms. The number of H-pyrrole nitrogens is 1. The van der Waals surface area contributed by atoms with Gasteiger partial charge < -0.3 is 20.4 Å². The van der Waals surface area contributed by atoms with Crippen molar-refractivity contribution < 1.29 is 28.2 Å². The van der Waals surface area contributed by atoms with Crippen LogP contribution < -0.4 is 5.32 Å². The van der Waals surface area contributed by atoms with Crippen LogP contribution in [-0.4, -0.2) is 72.2 Å². The predicted octanol–water partition coefficient (Wildman–Crippen LogP) is 1.63. The van der Waals surface area contributed by atoms with Gasteiger partial charge in [0.05, 0.1) is 24.0 Å². The average Bonchev–Trinajstić information content (AvgIpc) is 3.49. The highest BCUT2D eigenvalue weighted by molar-refractivity contribution is 6.08. The number of likely N-dealkylation sites (tertiary alicyclic amines) is 1. The average molecular weight is 460 g/mol. The summed E-state index contributed by atoms with van der Waals surface area (Å²) in [6.45, 7) is -0.319. The number of carbonyl (C=O) groups excluding carboxylic acids is 1. The van der Waals surface area contributed by atoms with E-state index in [1.807, 2.05) is 0 Å². The van der Waals surface area contributed by atoms with E-state index in [1.54, 1.807) is 6.08 Å². The topological polar surface area (TPSA) is 127 Å². The van der Waals surface area contributed by atoms with Crippen LogP contribution in [0.25, 0.3) is 11.0 Å². The highest BCUT2D eigenvalue weighted by Crippen LogP contribution is 2.37. The molecule has 33 heavy (non-hydrogen) atoms. The molecule has 1 aliphatic heterocycles. The lowest BCUT2D eigenvalue weighted by Crippen LogP contribution is -2.35. The summed E-state index contributed by atoms with van der Waals surface area (Å²) in [6.07, 6.45) is 0.393. The monoisotopic (exact) mass is 460 g/mol. The number of nitrogens with one attached hydrogen (secondary N) is 2. The van der Waals surface area contributed by atoms with Gasteiger partial charge in [0.1, 0.15) is 42.2 Å². The molecule has 1 fully saturated rings. The third-order valence-corrected chi connectivity index (χ3v) is 5.93. The van der Waals surface area contributed by atoms with Crippen molar-refractivity contribution in [1.29, 1.82) is 0 Å². The molecule has 0 radical (unpaired) electrons. The van der Waals surface area contributed by atoms with Crippen molar-refractivity contribution >= 4 is 22.8 Å². The third kappa shape index (κ3) is 3.70. The number of aliphatic hydroxyl groups is 2. The Labute approximate surface area is 185 Å².